The summed E-state index contributed by atoms with van der Waals surface area (Å²) in [5, 5.41) is -0.353. The summed E-state index contributed by atoms with van der Waals surface area (Å²) in [6.07, 6.45) is 1.28. The van der Waals surface area contributed by atoms with E-state index < -0.39 is 11.6 Å². The molecule has 0 bridgehead atoms. The Morgan fingerprint density at radius 3 is 2.21 bits per heavy atom. The average Bonchev–Trinajstić information content (AvgIpc) is 2.73. The fourth-order valence-corrected chi connectivity index (χ4v) is 2.56. The molecule has 3 aromatic rings. The number of ether oxygens (including phenoxy) is 3. The number of rotatable bonds is 6. The van der Waals surface area contributed by atoms with Gasteiger partial charge < -0.3 is 14.2 Å². The van der Waals surface area contributed by atoms with Gasteiger partial charge in [-0.25, -0.2) is 9.37 Å². The van der Waals surface area contributed by atoms with Gasteiger partial charge in [-0.15, -0.1) is 0 Å². The summed E-state index contributed by atoms with van der Waals surface area (Å²) in [6, 6.07) is 9.97. The number of ketones is 1. The van der Waals surface area contributed by atoms with E-state index in [1.165, 1.54) is 44.7 Å². The molecule has 3 rings (SSSR count). The number of benzene rings is 2. The molecule has 0 fully saturated rings. The van der Waals surface area contributed by atoms with E-state index >= 15 is 0 Å². The summed E-state index contributed by atoms with van der Waals surface area (Å²) in [4.78, 5) is 16.6. The molecule has 0 aliphatic heterocycles. The van der Waals surface area contributed by atoms with Crippen LogP contribution in [0.5, 0.6) is 23.1 Å². The molecule has 0 aliphatic rings. The zero-order chi connectivity index (χ0) is 20.3. The van der Waals surface area contributed by atoms with Crippen molar-refractivity contribution in [2.24, 2.45) is 0 Å². The molecule has 2 aromatic carbocycles. The van der Waals surface area contributed by atoms with Crippen LogP contribution in [0.15, 0.2) is 48.7 Å². The first-order valence-corrected chi connectivity index (χ1v) is 8.36. The molecular weight excluding hydrogens is 392 g/mol. The van der Waals surface area contributed by atoms with Crippen molar-refractivity contribution in [2.45, 2.75) is 0 Å². The van der Waals surface area contributed by atoms with E-state index in [0.717, 1.165) is 0 Å². The van der Waals surface area contributed by atoms with Gasteiger partial charge in [0.1, 0.15) is 0 Å². The van der Waals surface area contributed by atoms with Crippen LogP contribution >= 0.6 is 11.6 Å². The number of carbonyl (C=O) groups is 1. The minimum Gasteiger partial charge on any atom is -0.493 e. The summed E-state index contributed by atoms with van der Waals surface area (Å²) in [5.74, 6) is -2.19. The highest BCUT2D eigenvalue weighted by Gasteiger charge is 2.16. The van der Waals surface area contributed by atoms with E-state index in [-0.39, 0.29) is 28.0 Å². The van der Waals surface area contributed by atoms with E-state index in [1.807, 2.05) is 0 Å². The van der Waals surface area contributed by atoms with E-state index in [0.29, 0.717) is 17.1 Å². The molecule has 0 unspecified atom stereocenters. The molecule has 0 spiro atoms. The van der Waals surface area contributed by atoms with Gasteiger partial charge in [0.15, 0.2) is 28.8 Å². The Bertz CT molecular complexity index is 1030. The first kappa shape index (κ1) is 19.6. The van der Waals surface area contributed by atoms with Crippen molar-refractivity contribution in [1.29, 1.82) is 0 Å². The first-order chi connectivity index (χ1) is 13.4. The summed E-state index contributed by atoms with van der Waals surface area (Å²) in [6.45, 7) is 0. The van der Waals surface area contributed by atoms with Gasteiger partial charge in [-0.05, 0) is 36.4 Å². The normalized spacial score (nSPS) is 10.5. The standard InChI is InChI=1S/C20H14ClF2NO4/c1-26-14-6-3-11(9-16(14)27-2)20(25)12-4-8-17(24-10-12)28-15-7-5-13(21)18(22)19(15)23/h3-10H,1-2H3. The third-order valence-electron chi connectivity index (χ3n) is 3.86. The highest BCUT2D eigenvalue weighted by molar-refractivity contribution is 6.30. The van der Waals surface area contributed by atoms with Crippen LogP contribution in [0.4, 0.5) is 8.78 Å². The van der Waals surface area contributed by atoms with Gasteiger partial charge in [0, 0.05) is 23.4 Å². The third kappa shape index (κ3) is 3.89. The smallest absolute Gasteiger partial charge is 0.219 e. The zero-order valence-corrected chi connectivity index (χ0v) is 15.6. The van der Waals surface area contributed by atoms with Gasteiger partial charge in [-0.2, -0.15) is 4.39 Å². The van der Waals surface area contributed by atoms with Crippen LogP contribution in [0, 0.1) is 11.6 Å². The van der Waals surface area contributed by atoms with Crippen LogP contribution in [0.25, 0.3) is 0 Å². The summed E-state index contributed by atoms with van der Waals surface area (Å²) in [7, 11) is 2.97. The number of hydrogen-bond donors (Lipinski definition) is 0. The molecule has 0 radical (unpaired) electrons. The van der Waals surface area contributed by atoms with Gasteiger partial charge in [0.2, 0.25) is 11.7 Å². The van der Waals surface area contributed by atoms with Gasteiger partial charge in [-0.1, -0.05) is 11.6 Å². The molecular formula is C20H14ClF2NO4. The van der Waals surface area contributed by atoms with Crippen LogP contribution in [0.3, 0.4) is 0 Å². The van der Waals surface area contributed by atoms with Crippen molar-refractivity contribution in [1.82, 2.24) is 4.98 Å². The molecule has 0 atom stereocenters. The summed E-state index contributed by atoms with van der Waals surface area (Å²) >= 11 is 5.50. The monoisotopic (exact) mass is 405 g/mol. The van der Waals surface area contributed by atoms with Crippen molar-refractivity contribution in [3.8, 4) is 23.1 Å². The largest absolute Gasteiger partial charge is 0.493 e. The number of hydrogen-bond acceptors (Lipinski definition) is 5. The van der Waals surface area contributed by atoms with Crippen molar-refractivity contribution >= 4 is 17.4 Å². The fraction of sp³-hybridized carbons (Fsp3) is 0.100. The van der Waals surface area contributed by atoms with Gasteiger partial charge in [0.25, 0.3) is 0 Å². The number of aromatic nitrogens is 1. The van der Waals surface area contributed by atoms with Crippen LogP contribution < -0.4 is 14.2 Å². The van der Waals surface area contributed by atoms with Crippen molar-refractivity contribution < 1.29 is 27.8 Å². The Kier molecular flexibility index (Phi) is 5.75. The summed E-state index contributed by atoms with van der Waals surface area (Å²) in [5.41, 5.74) is 0.654. The Hall–Kier alpha value is -3.19. The number of pyridine rings is 1. The molecule has 1 aromatic heterocycles. The van der Waals surface area contributed by atoms with E-state index in [1.54, 1.807) is 18.2 Å². The fourth-order valence-electron chi connectivity index (χ4n) is 2.42. The van der Waals surface area contributed by atoms with Crippen LogP contribution in [-0.4, -0.2) is 25.0 Å². The predicted molar refractivity (Wildman–Crippen MR) is 98.7 cm³/mol. The second-order valence-electron chi connectivity index (χ2n) is 5.56. The average molecular weight is 406 g/mol. The Balaban J connectivity index is 1.81. The topological polar surface area (TPSA) is 57.7 Å². The molecule has 1 heterocycles. The maximum absolute atomic E-state index is 13.8. The Morgan fingerprint density at radius 2 is 1.57 bits per heavy atom. The van der Waals surface area contributed by atoms with Crippen LogP contribution in [0.1, 0.15) is 15.9 Å². The van der Waals surface area contributed by atoms with Gasteiger partial charge in [0.05, 0.1) is 19.2 Å². The molecule has 0 amide bonds. The maximum atomic E-state index is 13.8. The predicted octanol–water partition coefficient (Wildman–Crippen LogP) is 5.05. The lowest BCUT2D eigenvalue weighted by atomic mass is 10.0. The highest BCUT2D eigenvalue weighted by atomic mass is 35.5. The highest BCUT2D eigenvalue weighted by Crippen LogP contribution is 2.30. The second kappa shape index (κ2) is 8.22. The number of carbonyl (C=O) groups excluding carboxylic acids is 1. The van der Waals surface area contributed by atoms with Gasteiger partial charge >= 0.3 is 0 Å². The lowest BCUT2D eigenvalue weighted by Crippen LogP contribution is -2.03. The van der Waals surface area contributed by atoms with Gasteiger partial charge in [-0.3, -0.25) is 4.79 Å². The van der Waals surface area contributed by atoms with Crippen molar-refractivity contribution in [3.05, 3.63) is 76.4 Å². The van der Waals surface area contributed by atoms with E-state index in [4.69, 9.17) is 25.8 Å². The molecule has 144 valence electrons. The molecule has 0 aliphatic carbocycles. The first-order valence-electron chi connectivity index (χ1n) is 7.98. The minimum atomic E-state index is -1.22. The molecule has 0 N–H and O–H groups in total. The Labute approximate surface area is 164 Å². The lowest BCUT2D eigenvalue weighted by Gasteiger charge is -2.10. The third-order valence-corrected chi connectivity index (χ3v) is 4.15. The van der Waals surface area contributed by atoms with Crippen molar-refractivity contribution in [3.63, 3.8) is 0 Å². The molecule has 28 heavy (non-hydrogen) atoms. The second-order valence-corrected chi connectivity index (χ2v) is 5.97. The molecule has 0 saturated carbocycles. The van der Waals surface area contributed by atoms with Crippen LogP contribution in [0.2, 0.25) is 5.02 Å². The lowest BCUT2D eigenvalue weighted by molar-refractivity contribution is 0.103. The number of methoxy groups -OCH3 is 2. The number of nitrogens with zero attached hydrogens (tertiary/aromatic N) is 1. The SMILES string of the molecule is COc1ccc(C(=O)c2ccc(Oc3ccc(Cl)c(F)c3F)nc2)cc1OC. The Morgan fingerprint density at radius 1 is 0.893 bits per heavy atom. The number of halogens is 3. The molecule has 5 nitrogen and oxygen atoms in total. The summed E-state index contributed by atoms with van der Waals surface area (Å²) < 4.78 is 42.9. The molecule has 8 heteroatoms. The van der Waals surface area contributed by atoms with E-state index in [9.17, 15) is 13.6 Å². The minimum absolute atomic E-state index is 0.00974. The maximum Gasteiger partial charge on any atom is 0.219 e. The zero-order valence-electron chi connectivity index (χ0n) is 14.8. The van der Waals surface area contributed by atoms with E-state index in [2.05, 4.69) is 4.98 Å². The quantitative estimate of drug-likeness (QED) is 0.424. The van der Waals surface area contributed by atoms with Crippen molar-refractivity contribution in [2.75, 3.05) is 14.2 Å². The van der Waals surface area contributed by atoms with Crippen LogP contribution in [-0.2, 0) is 0 Å². The molecule has 0 saturated heterocycles.